The lowest BCUT2D eigenvalue weighted by molar-refractivity contribution is -0.233. The first-order chi connectivity index (χ1) is 6.97. The summed E-state index contributed by atoms with van der Waals surface area (Å²) in [5, 5.41) is 46.4. The van der Waals surface area contributed by atoms with Crippen molar-refractivity contribution in [2.45, 2.75) is 50.0 Å². The maximum absolute atomic E-state index is 9.54. The molecule has 0 aromatic heterocycles. The number of rotatable bonds is 3. The molecule has 1 heterocycles. The molecule has 1 aliphatic rings. The van der Waals surface area contributed by atoms with Crippen LogP contribution in [0.15, 0.2) is 0 Å². The minimum Gasteiger partial charge on any atom is -0.394 e. The van der Waals surface area contributed by atoms with Crippen LogP contribution in [0.3, 0.4) is 0 Å². The third kappa shape index (κ3) is 2.87. The molecule has 0 spiro atoms. The minimum atomic E-state index is -1.36. The first kappa shape index (κ1) is 12.8. The lowest BCUT2D eigenvalue weighted by Gasteiger charge is -2.40. The van der Waals surface area contributed by atoms with Gasteiger partial charge in [0, 0.05) is 6.42 Å². The monoisotopic (exact) mass is 222 g/mol. The quantitative estimate of drug-likeness (QED) is 0.364. The summed E-state index contributed by atoms with van der Waals surface area (Å²) in [5.74, 6) is 0. The van der Waals surface area contributed by atoms with Gasteiger partial charge < -0.3 is 30.3 Å². The average Bonchev–Trinajstić information content (AvgIpc) is 2.18. The van der Waals surface area contributed by atoms with E-state index >= 15 is 0 Å². The molecule has 1 fully saturated rings. The zero-order valence-corrected chi connectivity index (χ0v) is 8.52. The summed E-state index contributed by atoms with van der Waals surface area (Å²) in [6.07, 6.45) is -6.17. The van der Waals surface area contributed by atoms with Crippen LogP contribution < -0.4 is 0 Å². The molecule has 0 saturated carbocycles. The molecule has 0 aliphatic carbocycles. The van der Waals surface area contributed by atoms with Gasteiger partial charge in [-0.05, 0) is 6.92 Å². The molecule has 6 heteroatoms. The lowest BCUT2D eigenvalue weighted by Crippen LogP contribution is -2.58. The normalized spacial score (nSPS) is 44.0. The molecule has 0 amide bonds. The molecule has 0 radical (unpaired) electrons. The summed E-state index contributed by atoms with van der Waals surface area (Å²) in [6, 6.07) is 0. The van der Waals surface area contributed by atoms with Gasteiger partial charge in [-0.2, -0.15) is 0 Å². The Morgan fingerprint density at radius 1 is 1.07 bits per heavy atom. The van der Waals surface area contributed by atoms with E-state index in [9.17, 15) is 15.3 Å². The molecule has 0 aromatic carbocycles. The standard InChI is InChI=1S/C9H18O6/c1-4(11)2-5-7(12)9(14)8(13)6(3-10)15-5/h4-14H,2-3H2,1H3/t4?,5-,6-,7+,8+,9-/m1/s1. The second kappa shape index (κ2) is 5.20. The van der Waals surface area contributed by atoms with Crippen LogP contribution in [-0.4, -0.2) is 68.8 Å². The SMILES string of the molecule is CC(O)C[C@H]1O[C@H](CO)[C@H](O)[C@H](O)[C@H]1O. The fourth-order valence-electron chi connectivity index (χ4n) is 1.71. The van der Waals surface area contributed by atoms with Gasteiger partial charge in [-0.1, -0.05) is 0 Å². The van der Waals surface area contributed by atoms with Gasteiger partial charge in [-0.15, -0.1) is 0 Å². The molecule has 5 N–H and O–H groups in total. The molecule has 1 unspecified atom stereocenters. The summed E-state index contributed by atoms with van der Waals surface area (Å²) in [5.41, 5.74) is 0. The smallest absolute Gasteiger partial charge is 0.111 e. The van der Waals surface area contributed by atoms with E-state index in [2.05, 4.69) is 0 Å². The summed E-state index contributed by atoms with van der Waals surface area (Å²) in [7, 11) is 0. The Balaban J connectivity index is 2.65. The van der Waals surface area contributed by atoms with E-state index in [4.69, 9.17) is 14.9 Å². The van der Waals surface area contributed by atoms with Gasteiger partial charge in [0.25, 0.3) is 0 Å². The van der Waals surface area contributed by atoms with Crippen LogP contribution in [0.25, 0.3) is 0 Å². The summed E-state index contributed by atoms with van der Waals surface area (Å²) in [4.78, 5) is 0. The van der Waals surface area contributed by atoms with Crippen LogP contribution in [0, 0.1) is 0 Å². The zero-order chi connectivity index (χ0) is 11.6. The third-order valence-corrected chi connectivity index (χ3v) is 2.56. The Kier molecular flexibility index (Phi) is 4.45. The van der Waals surface area contributed by atoms with Gasteiger partial charge >= 0.3 is 0 Å². The Labute approximate surface area is 87.7 Å². The van der Waals surface area contributed by atoms with E-state index in [0.29, 0.717) is 0 Å². The van der Waals surface area contributed by atoms with Crippen LogP contribution in [0.4, 0.5) is 0 Å². The first-order valence-corrected chi connectivity index (χ1v) is 4.96. The largest absolute Gasteiger partial charge is 0.394 e. The summed E-state index contributed by atoms with van der Waals surface area (Å²) < 4.78 is 5.17. The van der Waals surface area contributed by atoms with Crippen molar-refractivity contribution in [3.8, 4) is 0 Å². The van der Waals surface area contributed by atoms with Crippen LogP contribution in [0.1, 0.15) is 13.3 Å². The highest BCUT2D eigenvalue weighted by Gasteiger charge is 2.43. The van der Waals surface area contributed by atoms with E-state index in [0.717, 1.165) is 0 Å². The molecule has 0 bridgehead atoms. The van der Waals surface area contributed by atoms with E-state index in [1.54, 1.807) is 0 Å². The Morgan fingerprint density at radius 2 is 1.60 bits per heavy atom. The third-order valence-electron chi connectivity index (χ3n) is 2.56. The van der Waals surface area contributed by atoms with Crippen LogP contribution >= 0.6 is 0 Å². The number of hydrogen-bond acceptors (Lipinski definition) is 6. The van der Waals surface area contributed by atoms with Gasteiger partial charge in [0.1, 0.15) is 24.4 Å². The van der Waals surface area contributed by atoms with Crippen molar-refractivity contribution < 1.29 is 30.3 Å². The van der Waals surface area contributed by atoms with Crippen LogP contribution in [0.5, 0.6) is 0 Å². The maximum atomic E-state index is 9.54. The molecule has 0 aromatic rings. The van der Waals surface area contributed by atoms with E-state index < -0.39 is 43.2 Å². The van der Waals surface area contributed by atoms with Gasteiger partial charge in [-0.3, -0.25) is 0 Å². The van der Waals surface area contributed by atoms with E-state index in [1.807, 2.05) is 0 Å². The van der Waals surface area contributed by atoms with Crippen LogP contribution in [0.2, 0.25) is 0 Å². The molecule has 1 rings (SSSR count). The highest BCUT2D eigenvalue weighted by molar-refractivity contribution is 4.92. The Bertz CT molecular complexity index is 195. The summed E-state index contributed by atoms with van der Waals surface area (Å²) in [6.45, 7) is 1.09. The van der Waals surface area contributed by atoms with Gasteiger partial charge in [-0.25, -0.2) is 0 Å². The van der Waals surface area contributed by atoms with E-state index in [1.165, 1.54) is 6.92 Å². The predicted molar refractivity (Wildman–Crippen MR) is 50.1 cm³/mol. The van der Waals surface area contributed by atoms with Crippen molar-refractivity contribution in [3.63, 3.8) is 0 Å². The molecular formula is C9H18O6. The topological polar surface area (TPSA) is 110 Å². The highest BCUT2D eigenvalue weighted by Crippen LogP contribution is 2.23. The van der Waals surface area contributed by atoms with Crippen molar-refractivity contribution in [1.29, 1.82) is 0 Å². The molecule has 1 saturated heterocycles. The number of ether oxygens (including phenoxy) is 1. The van der Waals surface area contributed by atoms with Crippen molar-refractivity contribution in [2.75, 3.05) is 6.61 Å². The first-order valence-electron chi connectivity index (χ1n) is 4.96. The molecular weight excluding hydrogens is 204 g/mol. The van der Waals surface area contributed by atoms with Crippen LogP contribution in [-0.2, 0) is 4.74 Å². The maximum Gasteiger partial charge on any atom is 0.111 e. The van der Waals surface area contributed by atoms with Gasteiger partial charge in [0.2, 0.25) is 0 Å². The molecule has 6 atom stereocenters. The second-order valence-corrected chi connectivity index (χ2v) is 3.95. The number of hydrogen-bond donors (Lipinski definition) is 5. The highest BCUT2D eigenvalue weighted by atomic mass is 16.5. The molecule has 1 aliphatic heterocycles. The Morgan fingerprint density at radius 3 is 2.07 bits per heavy atom. The van der Waals surface area contributed by atoms with Crippen molar-refractivity contribution in [1.82, 2.24) is 0 Å². The van der Waals surface area contributed by atoms with Gasteiger partial charge in [0.15, 0.2) is 0 Å². The molecule has 15 heavy (non-hydrogen) atoms. The van der Waals surface area contributed by atoms with Crippen molar-refractivity contribution in [2.24, 2.45) is 0 Å². The number of aliphatic hydroxyl groups is 5. The second-order valence-electron chi connectivity index (χ2n) is 3.95. The average molecular weight is 222 g/mol. The zero-order valence-electron chi connectivity index (χ0n) is 8.52. The fourth-order valence-corrected chi connectivity index (χ4v) is 1.71. The van der Waals surface area contributed by atoms with Crippen molar-refractivity contribution in [3.05, 3.63) is 0 Å². The lowest BCUT2D eigenvalue weighted by atomic mass is 9.92. The summed E-state index contributed by atoms with van der Waals surface area (Å²) >= 11 is 0. The molecule has 90 valence electrons. The Hall–Kier alpha value is -0.240. The molecule has 6 nitrogen and oxygen atoms in total. The van der Waals surface area contributed by atoms with Crippen molar-refractivity contribution >= 4 is 0 Å². The van der Waals surface area contributed by atoms with E-state index in [-0.39, 0.29) is 6.42 Å². The van der Waals surface area contributed by atoms with Gasteiger partial charge in [0.05, 0.1) is 18.8 Å². The number of aliphatic hydroxyl groups excluding tert-OH is 5. The predicted octanol–water partition coefficient (Wildman–Crippen LogP) is -2.40. The minimum absolute atomic E-state index is 0.140. The fraction of sp³-hybridized carbons (Fsp3) is 1.00.